The number of nitrogens with one attached hydrogen (secondary N) is 1. The summed E-state index contributed by atoms with van der Waals surface area (Å²) in [5, 5.41) is 3.11. The summed E-state index contributed by atoms with van der Waals surface area (Å²) in [5.41, 5.74) is 2.16. The van der Waals surface area contributed by atoms with Crippen LogP contribution in [-0.2, 0) is 9.59 Å². The van der Waals surface area contributed by atoms with Crippen molar-refractivity contribution in [2.45, 2.75) is 38.1 Å². The van der Waals surface area contributed by atoms with E-state index in [0.717, 1.165) is 69.8 Å². The quantitative estimate of drug-likeness (QED) is 0.639. The van der Waals surface area contributed by atoms with Crippen LogP contribution in [0.1, 0.15) is 49.3 Å². The van der Waals surface area contributed by atoms with Crippen LogP contribution in [0.2, 0.25) is 0 Å². The molecule has 2 bridgehead atoms. The Morgan fingerprint density at radius 2 is 1.65 bits per heavy atom. The van der Waals surface area contributed by atoms with Gasteiger partial charge < -0.3 is 15.0 Å². The van der Waals surface area contributed by atoms with Crippen LogP contribution in [-0.4, -0.2) is 79.6 Å². The molecule has 2 saturated heterocycles. The number of hydrogen-bond acceptors (Lipinski definition) is 5. The molecule has 2 amide bonds. The van der Waals surface area contributed by atoms with Crippen molar-refractivity contribution in [1.29, 1.82) is 0 Å². The standard InChI is InChI=1S/C30H40N4O3/c1-37-27-14-11-25(12-15-27)13-16-30(36)33-20-6-5-18-32-19-8-22-34(24-32)28(26-9-3-2-4-10-26)23-29(35)31-17-7-21-33/h2-4,9-16,28H,5-8,17-24H2,1H3,(H,31,35)/b16-13+/t28-/m0/s1. The van der Waals surface area contributed by atoms with E-state index in [9.17, 15) is 9.59 Å². The van der Waals surface area contributed by atoms with Gasteiger partial charge in [-0.25, -0.2) is 0 Å². The zero-order chi connectivity index (χ0) is 25.9. The second-order valence-corrected chi connectivity index (χ2v) is 9.90. The molecule has 2 heterocycles. The fourth-order valence-corrected chi connectivity index (χ4v) is 5.17. The van der Waals surface area contributed by atoms with Crippen molar-refractivity contribution in [3.63, 3.8) is 0 Å². The fourth-order valence-electron chi connectivity index (χ4n) is 5.17. The highest BCUT2D eigenvalue weighted by molar-refractivity contribution is 5.91. The van der Waals surface area contributed by atoms with Gasteiger partial charge in [0, 0.05) is 51.3 Å². The Hall–Kier alpha value is -3.16. The van der Waals surface area contributed by atoms with Gasteiger partial charge in [-0.15, -0.1) is 0 Å². The van der Waals surface area contributed by atoms with Crippen LogP contribution in [0.5, 0.6) is 5.75 Å². The average Bonchev–Trinajstić information content (AvgIpc) is 2.94. The van der Waals surface area contributed by atoms with E-state index < -0.39 is 0 Å². The number of ether oxygens (including phenoxy) is 1. The van der Waals surface area contributed by atoms with E-state index in [1.165, 1.54) is 5.56 Å². The molecular weight excluding hydrogens is 464 g/mol. The molecule has 2 aromatic rings. The predicted molar refractivity (Wildman–Crippen MR) is 147 cm³/mol. The lowest BCUT2D eigenvalue weighted by atomic mass is 10.0. The number of carbonyl (C=O) groups excluding carboxylic acids is 2. The van der Waals surface area contributed by atoms with Gasteiger partial charge in [-0.2, -0.15) is 0 Å². The molecule has 3 atom stereocenters. The summed E-state index contributed by atoms with van der Waals surface area (Å²) in [6, 6.07) is 18.1. The summed E-state index contributed by atoms with van der Waals surface area (Å²) in [6.45, 7) is 5.89. The maximum absolute atomic E-state index is 13.0. The third-order valence-corrected chi connectivity index (χ3v) is 7.23. The van der Waals surface area contributed by atoms with Crippen molar-refractivity contribution >= 4 is 17.9 Å². The lowest BCUT2D eigenvalue weighted by molar-refractivity contribution is -0.126. The molecular formula is C30H40N4O3. The predicted octanol–water partition coefficient (Wildman–Crippen LogP) is 3.93. The second-order valence-electron chi connectivity index (χ2n) is 9.90. The second kappa shape index (κ2) is 14.0. The van der Waals surface area contributed by atoms with E-state index in [2.05, 4.69) is 39.4 Å². The van der Waals surface area contributed by atoms with E-state index in [0.29, 0.717) is 19.5 Å². The van der Waals surface area contributed by atoms with Crippen molar-refractivity contribution in [1.82, 2.24) is 20.0 Å². The summed E-state index contributed by atoms with van der Waals surface area (Å²) in [4.78, 5) is 32.8. The zero-order valence-corrected chi connectivity index (χ0v) is 22.0. The number of fused-ring (bicyclic) bond motifs is 2. The molecule has 37 heavy (non-hydrogen) atoms. The molecule has 2 aromatic carbocycles. The molecule has 0 spiro atoms. The van der Waals surface area contributed by atoms with Gasteiger partial charge in [-0.3, -0.25) is 19.4 Å². The molecule has 2 fully saturated rings. The normalized spacial score (nSPS) is 24.1. The van der Waals surface area contributed by atoms with Crippen molar-refractivity contribution < 1.29 is 14.3 Å². The molecule has 2 aliphatic rings. The minimum absolute atomic E-state index is 0.0137. The van der Waals surface area contributed by atoms with Crippen LogP contribution in [0.3, 0.4) is 0 Å². The SMILES string of the molecule is COc1ccc(/C=C/C(=O)N2CCCCN3CCCN(C3)[C@H](c3ccccc3)CC(=O)NCCC2)cc1. The monoisotopic (exact) mass is 504 g/mol. The van der Waals surface area contributed by atoms with E-state index in [-0.39, 0.29) is 17.9 Å². The molecule has 2 unspecified atom stereocenters. The number of benzene rings is 2. The smallest absolute Gasteiger partial charge is 0.246 e. The molecule has 2 aliphatic heterocycles. The van der Waals surface area contributed by atoms with E-state index in [1.54, 1.807) is 13.2 Å². The van der Waals surface area contributed by atoms with Crippen LogP contribution in [0.15, 0.2) is 60.7 Å². The van der Waals surface area contributed by atoms with Crippen LogP contribution in [0.25, 0.3) is 6.08 Å². The number of hydrogen-bond donors (Lipinski definition) is 1. The number of amides is 2. The Kier molecular flexibility index (Phi) is 10.1. The minimum Gasteiger partial charge on any atom is -0.497 e. The van der Waals surface area contributed by atoms with Crippen LogP contribution < -0.4 is 10.1 Å². The van der Waals surface area contributed by atoms with Gasteiger partial charge in [0.2, 0.25) is 11.8 Å². The maximum atomic E-state index is 13.0. The minimum atomic E-state index is 0.0137. The zero-order valence-electron chi connectivity index (χ0n) is 22.0. The van der Waals surface area contributed by atoms with Gasteiger partial charge in [-0.05, 0) is 61.6 Å². The molecule has 1 N–H and O–H groups in total. The highest BCUT2D eigenvalue weighted by Gasteiger charge is 2.27. The average molecular weight is 505 g/mol. The lowest BCUT2D eigenvalue weighted by Gasteiger charge is -2.40. The maximum Gasteiger partial charge on any atom is 0.246 e. The molecule has 0 aromatic heterocycles. The number of methoxy groups -OCH3 is 1. The Labute approximate surface area is 221 Å². The Bertz CT molecular complexity index is 1020. The first-order valence-corrected chi connectivity index (χ1v) is 13.5. The van der Waals surface area contributed by atoms with Crippen molar-refractivity contribution in [3.8, 4) is 5.75 Å². The third kappa shape index (κ3) is 8.17. The van der Waals surface area contributed by atoms with E-state index in [4.69, 9.17) is 4.74 Å². The van der Waals surface area contributed by atoms with Crippen molar-refractivity contribution in [3.05, 3.63) is 71.8 Å². The molecule has 4 rings (SSSR count). The Morgan fingerprint density at radius 3 is 2.43 bits per heavy atom. The highest BCUT2D eigenvalue weighted by atomic mass is 16.5. The topological polar surface area (TPSA) is 65.1 Å². The third-order valence-electron chi connectivity index (χ3n) is 7.23. The number of carbonyl (C=O) groups is 2. The number of nitrogens with zero attached hydrogens (tertiary/aromatic N) is 3. The molecule has 7 nitrogen and oxygen atoms in total. The Balaban J connectivity index is 1.40. The van der Waals surface area contributed by atoms with Gasteiger partial charge in [0.05, 0.1) is 13.8 Å². The highest BCUT2D eigenvalue weighted by Crippen LogP contribution is 2.27. The van der Waals surface area contributed by atoms with Crippen LogP contribution in [0.4, 0.5) is 0 Å². The van der Waals surface area contributed by atoms with E-state index >= 15 is 0 Å². The molecule has 0 aliphatic carbocycles. The Morgan fingerprint density at radius 1 is 0.919 bits per heavy atom. The fraction of sp³-hybridized carbons (Fsp3) is 0.467. The van der Waals surface area contributed by atoms with Crippen molar-refractivity contribution in [2.24, 2.45) is 0 Å². The first kappa shape index (κ1) is 26.9. The summed E-state index contributed by atoms with van der Waals surface area (Å²) in [5.74, 6) is 0.876. The molecule has 198 valence electrons. The van der Waals surface area contributed by atoms with Crippen LogP contribution >= 0.6 is 0 Å². The first-order valence-electron chi connectivity index (χ1n) is 13.5. The molecule has 0 saturated carbocycles. The van der Waals surface area contributed by atoms with Crippen LogP contribution in [0, 0.1) is 0 Å². The summed E-state index contributed by atoms with van der Waals surface area (Å²) >= 11 is 0. The van der Waals surface area contributed by atoms with Gasteiger partial charge in [-0.1, -0.05) is 42.5 Å². The van der Waals surface area contributed by atoms with Gasteiger partial charge in [0.1, 0.15) is 5.75 Å². The first-order chi connectivity index (χ1) is 18.1. The summed E-state index contributed by atoms with van der Waals surface area (Å²) < 4.78 is 5.21. The van der Waals surface area contributed by atoms with Crippen molar-refractivity contribution in [2.75, 3.05) is 53.0 Å². The lowest BCUT2D eigenvalue weighted by Crippen LogP contribution is -2.47. The summed E-state index contributed by atoms with van der Waals surface area (Å²) in [7, 11) is 1.64. The largest absolute Gasteiger partial charge is 0.497 e. The van der Waals surface area contributed by atoms with Gasteiger partial charge in [0.25, 0.3) is 0 Å². The summed E-state index contributed by atoms with van der Waals surface area (Å²) in [6.07, 6.45) is 7.81. The molecule has 7 heteroatoms. The van der Waals surface area contributed by atoms with Gasteiger partial charge >= 0.3 is 0 Å². The van der Waals surface area contributed by atoms with E-state index in [1.807, 2.05) is 41.3 Å². The molecule has 0 radical (unpaired) electrons. The van der Waals surface area contributed by atoms with Gasteiger partial charge in [0.15, 0.2) is 0 Å². The number of rotatable bonds is 4.